The van der Waals surface area contributed by atoms with E-state index in [1.165, 1.54) is 11.9 Å². The average molecular weight is 1000 g/mol. The van der Waals surface area contributed by atoms with Gasteiger partial charge in [0.15, 0.2) is 23.2 Å². The molecule has 2 unspecified atom stereocenters. The number of aliphatic hydroxyl groups is 2. The molecule has 0 spiro atoms. The summed E-state index contributed by atoms with van der Waals surface area (Å²) in [6.45, 7) is 16.6. The molecule has 20 nitrogen and oxygen atoms in total. The molecule has 2 aromatic carbocycles. The molecule has 3 aromatic heterocycles. The summed E-state index contributed by atoms with van der Waals surface area (Å²) in [5.74, 6) is 0.693. The van der Waals surface area contributed by atoms with Crippen LogP contribution in [0.5, 0.6) is 0 Å². The number of aromatic nitrogens is 6. The van der Waals surface area contributed by atoms with Crippen LogP contribution in [-0.4, -0.2) is 143 Å². The van der Waals surface area contributed by atoms with E-state index < -0.39 is 54.4 Å². The Morgan fingerprint density at radius 2 is 1.78 bits per heavy atom. The highest BCUT2D eigenvalue weighted by Gasteiger charge is 2.47. The van der Waals surface area contributed by atoms with Gasteiger partial charge in [-0.1, -0.05) is 52.3 Å². The molecule has 6 heterocycles. The number of carbonyl (C=O) groups is 4. The molecule has 7 N–H and O–H groups in total. The number of nitrogens with zero attached hydrogens (tertiary/aromatic N) is 7. The number of carbonyl (C=O) groups excluding carboxylic acids is 4. The van der Waals surface area contributed by atoms with Gasteiger partial charge in [-0.25, -0.2) is 24.7 Å². The van der Waals surface area contributed by atoms with Gasteiger partial charge in [-0.2, -0.15) is 0 Å². The van der Waals surface area contributed by atoms with Gasteiger partial charge < -0.3 is 45.9 Å². The van der Waals surface area contributed by atoms with E-state index >= 15 is 0 Å². The lowest BCUT2D eigenvalue weighted by Gasteiger charge is -2.46. The molecule has 1 saturated carbocycles. The number of allylic oxidation sites excluding steroid dienone is 1. The normalized spacial score (nSPS) is 23.1. The number of hydrogen-bond donors (Lipinski definition) is 7. The van der Waals surface area contributed by atoms with Crippen LogP contribution in [-0.2, 0) is 26.1 Å². The van der Waals surface area contributed by atoms with Crippen LogP contribution in [0.3, 0.4) is 0 Å². The van der Waals surface area contributed by atoms with Gasteiger partial charge >= 0.3 is 6.09 Å². The Hall–Kier alpha value is -6.48. The average Bonchev–Trinajstić information content (AvgIpc) is 4.10. The number of amides is 4. The smallest absolute Gasteiger partial charge is 0.407 e. The topological polar surface area (TPSA) is 254 Å². The first-order chi connectivity index (χ1) is 35.0. The first-order valence-electron chi connectivity index (χ1n) is 25.9. The lowest BCUT2D eigenvalue weighted by molar-refractivity contribution is -0.125. The number of ether oxygens (including phenoxy) is 2. The number of imidazole rings is 2. The van der Waals surface area contributed by atoms with Crippen molar-refractivity contribution in [3.63, 3.8) is 0 Å². The van der Waals surface area contributed by atoms with Crippen LogP contribution < -0.4 is 21.3 Å². The van der Waals surface area contributed by atoms with E-state index in [1.54, 1.807) is 29.1 Å². The lowest BCUT2D eigenvalue weighted by atomic mass is 9.76. The predicted octanol–water partition coefficient (Wildman–Crippen LogP) is 5.94. The standard InChI is InChI=1S/C53H70N12O8/c1-30(2)63(34-24-32(25-34)15-19-41-61-36-17-16-33(53(4,5)6)26-38(36)62-41)27-40-44(66)45(67)51(73-40)64-29-59-43-46(57-28-58-47(43)64)55-20-9-7-8-10-21-56-52(71)72-23-22-54-37-13-11-12-35-42(37)50(70)65(49(35)69)39-18-14-31(3)60-48(39)68/h11-13,16-17,26,28-30,32,34,39-40,44-45,51,54,66-67H,3,7-10,14-15,18-25,27H2,1-2,4-6H3,(H,56,71)(H,60,68)(H,61,62)(H,55,57,58)/t32?,34?,39?,40-,44?,45+,51-/m1/s1. The molecule has 3 aliphatic heterocycles. The fourth-order valence-corrected chi connectivity index (χ4v) is 10.6. The Morgan fingerprint density at radius 3 is 2.55 bits per heavy atom. The monoisotopic (exact) mass is 1000 g/mol. The lowest BCUT2D eigenvalue weighted by Crippen LogP contribution is -2.52. The van der Waals surface area contributed by atoms with Crippen molar-refractivity contribution < 1.29 is 38.9 Å². The van der Waals surface area contributed by atoms with Gasteiger partial charge in [-0.05, 0) is 100.0 Å². The number of benzene rings is 2. The molecule has 4 amide bonds. The minimum absolute atomic E-state index is 0.0237. The van der Waals surface area contributed by atoms with Crippen LogP contribution in [0.2, 0.25) is 0 Å². The van der Waals surface area contributed by atoms with Crippen molar-refractivity contribution in [2.75, 3.05) is 43.4 Å². The maximum atomic E-state index is 13.4. The van der Waals surface area contributed by atoms with Crippen LogP contribution in [0, 0.1) is 5.92 Å². The summed E-state index contributed by atoms with van der Waals surface area (Å²) in [6.07, 6.45) is 6.97. The largest absolute Gasteiger partial charge is 0.448 e. The zero-order valence-electron chi connectivity index (χ0n) is 42.5. The second-order valence-electron chi connectivity index (χ2n) is 21.3. The molecular formula is C53H70N12O8. The van der Waals surface area contributed by atoms with Crippen molar-refractivity contribution in [3.8, 4) is 0 Å². The minimum Gasteiger partial charge on any atom is -0.448 e. The third-order valence-electron chi connectivity index (χ3n) is 14.8. The van der Waals surface area contributed by atoms with Crippen LogP contribution >= 0.6 is 0 Å². The van der Waals surface area contributed by atoms with Crippen LogP contribution in [0.25, 0.3) is 22.2 Å². The van der Waals surface area contributed by atoms with Gasteiger partial charge in [0, 0.05) is 56.1 Å². The van der Waals surface area contributed by atoms with E-state index in [9.17, 15) is 29.4 Å². The Kier molecular flexibility index (Phi) is 15.4. The number of hydrogen-bond acceptors (Lipinski definition) is 15. The minimum atomic E-state index is -1.18. The highest BCUT2D eigenvalue weighted by Crippen LogP contribution is 2.39. The fourth-order valence-electron chi connectivity index (χ4n) is 10.6. The Morgan fingerprint density at radius 1 is 0.986 bits per heavy atom. The van der Waals surface area contributed by atoms with Crippen molar-refractivity contribution in [1.82, 2.24) is 49.9 Å². The van der Waals surface area contributed by atoms with E-state index in [1.807, 2.05) is 0 Å². The highest BCUT2D eigenvalue weighted by atomic mass is 16.6. The number of H-pyrrole nitrogens is 1. The van der Waals surface area contributed by atoms with Crippen molar-refractivity contribution >= 4 is 57.5 Å². The quantitative estimate of drug-likeness (QED) is 0.0332. The number of nitrogens with one attached hydrogen (secondary N) is 5. The predicted molar refractivity (Wildman–Crippen MR) is 275 cm³/mol. The van der Waals surface area contributed by atoms with Gasteiger partial charge in [-0.3, -0.25) is 28.8 Å². The van der Waals surface area contributed by atoms with Crippen LogP contribution in [0.1, 0.15) is 131 Å². The van der Waals surface area contributed by atoms with Crippen molar-refractivity contribution in [2.24, 2.45) is 5.92 Å². The van der Waals surface area contributed by atoms with Crippen molar-refractivity contribution in [1.29, 1.82) is 0 Å². The molecule has 1 aliphatic carbocycles. The first kappa shape index (κ1) is 51.4. The van der Waals surface area contributed by atoms with Gasteiger partial charge in [0.05, 0.1) is 28.5 Å². The summed E-state index contributed by atoms with van der Waals surface area (Å²) in [5, 5.41) is 34.5. The Labute approximate surface area is 425 Å². The number of imide groups is 1. The number of anilines is 2. The van der Waals surface area contributed by atoms with Gasteiger partial charge in [0.1, 0.15) is 43.1 Å². The van der Waals surface area contributed by atoms with E-state index in [0.717, 1.165) is 73.1 Å². The third-order valence-corrected chi connectivity index (χ3v) is 14.8. The zero-order chi connectivity index (χ0) is 51.6. The van der Waals surface area contributed by atoms with Gasteiger partial charge in [0.2, 0.25) is 5.91 Å². The third kappa shape index (κ3) is 11.2. The number of fused-ring (bicyclic) bond motifs is 3. The molecule has 5 aromatic rings. The summed E-state index contributed by atoms with van der Waals surface area (Å²) in [7, 11) is 0. The molecule has 73 heavy (non-hydrogen) atoms. The van der Waals surface area contributed by atoms with Crippen LogP contribution in [0.4, 0.5) is 16.3 Å². The molecular weight excluding hydrogens is 933 g/mol. The fraction of sp³-hybridized carbons (Fsp3) is 0.547. The summed E-state index contributed by atoms with van der Waals surface area (Å²) < 4.78 is 13.4. The maximum absolute atomic E-state index is 13.4. The molecule has 390 valence electrons. The summed E-state index contributed by atoms with van der Waals surface area (Å²) in [4.78, 5) is 76.8. The van der Waals surface area contributed by atoms with Gasteiger partial charge in [0.25, 0.3) is 11.8 Å². The summed E-state index contributed by atoms with van der Waals surface area (Å²) in [6, 6.07) is 11.1. The number of aryl methyl sites for hydroxylation is 1. The molecule has 5 atom stereocenters. The molecule has 3 fully saturated rings. The second kappa shape index (κ2) is 21.9. The highest BCUT2D eigenvalue weighted by molar-refractivity contribution is 6.25. The summed E-state index contributed by atoms with van der Waals surface area (Å²) >= 11 is 0. The Bertz CT molecular complexity index is 2830. The molecule has 4 aliphatic rings. The van der Waals surface area contributed by atoms with Crippen LogP contribution in [0.15, 0.2) is 61.3 Å². The van der Waals surface area contributed by atoms with Crippen molar-refractivity contribution in [3.05, 3.63) is 83.8 Å². The first-order valence-corrected chi connectivity index (χ1v) is 25.9. The van der Waals surface area contributed by atoms with E-state index in [-0.39, 0.29) is 35.7 Å². The number of aliphatic hydroxyl groups excluding tert-OH is 2. The van der Waals surface area contributed by atoms with Gasteiger partial charge in [-0.15, -0.1) is 0 Å². The molecule has 2 saturated heterocycles. The molecule has 20 heteroatoms. The van der Waals surface area contributed by atoms with Crippen molar-refractivity contribution in [2.45, 2.75) is 147 Å². The number of piperidine rings is 1. The number of rotatable bonds is 21. The maximum Gasteiger partial charge on any atom is 0.407 e. The number of aromatic amines is 1. The number of alkyl carbamates (subject to hydrolysis) is 1. The molecule has 0 bridgehead atoms. The molecule has 9 rings (SSSR count). The zero-order valence-corrected chi connectivity index (χ0v) is 42.5. The van der Waals surface area contributed by atoms with E-state index in [2.05, 4.69) is 105 Å². The van der Waals surface area contributed by atoms with E-state index in [0.29, 0.717) is 72.8 Å². The number of unbranched alkanes of at least 4 members (excludes halogenated alkanes) is 3. The Balaban J connectivity index is 0.664. The SMILES string of the molecule is C=C1CCC(N2C(=O)c3cccc(NCCOC(=O)NCCCCCCNc4ncnc5c4ncn5[C@@H]4O[C@H](CN(C(C)C)C5CC(CCc6nc7ccc(C(C)(C)C)cc7[nH]6)C5)C(O)[C@@H]4O)c3C2=O)C(=O)N1. The summed E-state index contributed by atoms with van der Waals surface area (Å²) in [5.41, 5.74) is 5.89. The second-order valence-corrected chi connectivity index (χ2v) is 21.3. The molecule has 0 radical (unpaired) electrons. The van der Waals surface area contributed by atoms with E-state index in [4.69, 9.17) is 14.5 Å².